The van der Waals surface area contributed by atoms with E-state index in [0.717, 1.165) is 148 Å². The summed E-state index contributed by atoms with van der Waals surface area (Å²) in [6, 6.07) is 0. The van der Waals surface area contributed by atoms with Gasteiger partial charge < -0.3 is 14.2 Å². The quantitative estimate of drug-likeness (QED) is 0.0261. The van der Waals surface area contributed by atoms with Crippen LogP contribution in [0.3, 0.4) is 0 Å². The maximum Gasteiger partial charge on any atom is 0.306 e. The van der Waals surface area contributed by atoms with Gasteiger partial charge in [-0.3, -0.25) is 14.4 Å². The Kier molecular flexibility index (Phi) is 62.3. The average Bonchev–Trinajstić information content (AvgIpc) is 3.45. The fourth-order valence-corrected chi connectivity index (χ4v) is 8.76. The van der Waals surface area contributed by atoms with E-state index in [1.54, 1.807) is 0 Å². The molecule has 0 aliphatic rings. The van der Waals surface area contributed by atoms with Crippen molar-refractivity contribution >= 4 is 17.9 Å². The van der Waals surface area contributed by atoms with Gasteiger partial charge in [0.2, 0.25) is 0 Å². The molecule has 1 unspecified atom stereocenters. The van der Waals surface area contributed by atoms with Gasteiger partial charge in [-0.1, -0.05) is 283 Å². The second-order valence-corrected chi connectivity index (χ2v) is 21.3. The van der Waals surface area contributed by atoms with E-state index in [0.29, 0.717) is 19.3 Å². The summed E-state index contributed by atoms with van der Waals surface area (Å²) in [6.45, 7) is 6.41. The minimum Gasteiger partial charge on any atom is -0.462 e. The third kappa shape index (κ3) is 64.3. The Morgan fingerprint density at radius 3 is 0.772 bits per heavy atom. The highest BCUT2D eigenvalue weighted by Gasteiger charge is 2.19. The van der Waals surface area contributed by atoms with Crippen LogP contribution in [-0.2, 0) is 28.6 Å². The first-order valence-corrected chi connectivity index (χ1v) is 32.7. The minimum absolute atomic E-state index is 0.0903. The summed E-state index contributed by atoms with van der Waals surface area (Å²) in [5.41, 5.74) is 0. The fourth-order valence-electron chi connectivity index (χ4n) is 8.76. The average molecular weight is 1090 g/mol. The van der Waals surface area contributed by atoms with Gasteiger partial charge in [-0.15, -0.1) is 0 Å². The van der Waals surface area contributed by atoms with Crippen LogP contribution in [0, 0.1) is 0 Å². The van der Waals surface area contributed by atoms with Gasteiger partial charge in [0.05, 0.1) is 0 Å². The summed E-state index contributed by atoms with van der Waals surface area (Å²) in [4.78, 5) is 38.0. The zero-order valence-electron chi connectivity index (χ0n) is 51.3. The molecular formula is C73H120O6. The molecule has 0 saturated carbocycles. The molecule has 0 amide bonds. The van der Waals surface area contributed by atoms with Crippen LogP contribution in [0.1, 0.15) is 290 Å². The molecule has 6 nitrogen and oxygen atoms in total. The van der Waals surface area contributed by atoms with Crippen LogP contribution in [0.25, 0.3) is 0 Å². The molecule has 1 atom stereocenters. The lowest BCUT2D eigenvalue weighted by molar-refractivity contribution is -0.167. The van der Waals surface area contributed by atoms with Crippen molar-refractivity contribution in [2.24, 2.45) is 0 Å². The van der Waals surface area contributed by atoms with E-state index in [1.165, 1.54) is 103 Å². The Balaban J connectivity index is 4.13. The SMILES string of the molecule is CC/C=C\C/C=C\C/C=C\C/C=C\C/C=C\C/C=C\C/C=C\C/C=C\CCCCCCC(=O)OCC(COC(=O)CCCCCCC)OC(=O)CCCCCCCCCCCCCC/C=C\C/C=C\C/C=C\CCCCCCC. The minimum atomic E-state index is -0.791. The lowest BCUT2D eigenvalue weighted by Gasteiger charge is -2.18. The third-order valence-corrected chi connectivity index (χ3v) is 13.6. The first-order valence-electron chi connectivity index (χ1n) is 32.7. The standard InChI is InChI=1S/C73H120O6/c1-4-7-10-13-15-17-19-21-23-25-27-29-31-33-35-36-38-39-41-43-45-47-49-51-53-55-57-60-63-66-72(75)78-69-70(68-77-71(74)65-62-59-12-9-6-3)79-73(76)67-64-61-58-56-54-52-50-48-46-44-42-40-37-34-32-30-28-26-24-22-20-18-16-14-11-8-5-2/h7,10,15,17,20-23,26-29,32-35,38-39,43,45,49,51,70H,4-6,8-9,11-14,16,18-19,24-25,30-31,36-37,40-42,44,46-48,50,52-69H2,1-3H3/b10-7-,17-15-,22-20-,23-21-,28-26-,29-27-,34-32-,35-33-,39-38-,45-43-,51-49-. The number of unbranched alkanes of at least 4 members (excludes halogenated alkanes) is 25. The Morgan fingerprint density at radius 2 is 0.494 bits per heavy atom. The molecule has 0 heterocycles. The summed E-state index contributed by atoms with van der Waals surface area (Å²) in [7, 11) is 0. The predicted octanol–water partition coefficient (Wildman–Crippen LogP) is 22.5. The normalized spacial score (nSPS) is 13.0. The van der Waals surface area contributed by atoms with Crippen LogP contribution in [0.4, 0.5) is 0 Å². The molecule has 448 valence electrons. The van der Waals surface area contributed by atoms with Gasteiger partial charge >= 0.3 is 17.9 Å². The van der Waals surface area contributed by atoms with Crippen LogP contribution in [0.5, 0.6) is 0 Å². The largest absolute Gasteiger partial charge is 0.462 e. The predicted molar refractivity (Wildman–Crippen MR) is 343 cm³/mol. The molecule has 0 aromatic heterocycles. The number of rotatable bonds is 58. The number of esters is 3. The molecule has 0 bridgehead atoms. The highest BCUT2D eigenvalue weighted by atomic mass is 16.6. The number of hydrogen-bond donors (Lipinski definition) is 0. The van der Waals surface area contributed by atoms with Gasteiger partial charge in [0.1, 0.15) is 13.2 Å². The van der Waals surface area contributed by atoms with Crippen LogP contribution in [0.2, 0.25) is 0 Å². The maximum absolute atomic E-state index is 12.8. The van der Waals surface area contributed by atoms with Gasteiger partial charge in [-0.05, 0) is 122 Å². The number of carbonyl (C=O) groups is 3. The van der Waals surface area contributed by atoms with E-state index < -0.39 is 6.10 Å². The molecule has 79 heavy (non-hydrogen) atoms. The van der Waals surface area contributed by atoms with Crippen LogP contribution in [-0.4, -0.2) is 37.2 Å². The topological polar surface area (TPSA) is 78.9 Å². The van der Waals surface area contributed by atoms with Crippen molar-refractivity contribution in [3.8, 4) is 0 Å². The molecule has 0 aromatic carbocycles. The molecule has 0 fully saturated rings. The fraction of sp³-hybridized carbons (Fsp3) is 0.658. The van der Waals surface area contributed by atoms with Crippen LogP contribution >= 0.6 is 0 Å². The highest BCUT2D eigenvalue weighted by Crippen LogP contribution is 2.15. The Hall–Kier alpha value is -4.45. The number of ether oxygens (including phenoxy) is 3. The van der Waals surface area contributed by atoms with Crippen molar-refractivity contribution in [1.82, 2.24) is 0 Å². The van der Waals surface area contributed by atoms with Gasteiger partial charge in [0, 0.05) is 19.3 Å². The third-order valence-electron chi connectivity index (χ3n) is 13.6. The van der Waals surface area contributed by atoms with Gasteiger partial charge in [-0.25, -0.2) is 0 Å². The second kappa shape index (κ2) is 66.1. The zero-order valence-corrected chi connectivity index (χ0v) is 51.3. The molecule has 0 aliphatic heterocycles. The summed E-state index contributed by atoms with van der Waals surface area (Å²) in [5.74, 6) is -0.931. The molecule has 0 spiro atoms. The first kappa shape index (κ1) is 74.5. The van der Waals surface area contributed by atoms with E-state index in [1.807, 2.05) is 0 Å². The zero-order chi connectivity index (χ0) is 57.1. The van der Waals surface area contributed by atoms with Gasteiger partial charge in [0.25, 0.3) is 0 Å². The Morgan fingerprint density at radius 1 is 0.266 bits per heavy atom. The van der Waals surface area contributed by atoms with E-state index in [-0.39, 0.29) is 31.1 Å². The Bertz CT molecular complexity index is 1680. The van der Waals surface area contributed by atoms with E-state index in [9.17, 15) is 14.4 Å². The maximum atomic E-state index is 12.8. The molecule has 0 aliphatic carbocycles. The summed E-state index contributed by atoms with van der Waals surface area (Å²) < 4.78 is 16.8. The lowest BCUT2D eigenvalue weighted by Crippen LogP contribution is -2.30. The molecular weight excluding hydrogens is 973 g/mol. The molecule has 0 saturated heterocycles. The molecule has 0 rings (SSSR count). The summed E-state index contributed by atoms with van der Waals surface area (Å²) in [5, 5.41) is 0. The number of hydrogen-bond acceptors (Lipinski definition) is 6. The summed E-state index contributed by atoms with van der Waals surface area (Å²) >= 11 is 0. The molecule has 6 heteroatoms. The number of carbonyl (C=O) groups excluding carboxylic acids is 3. The van der Waals surface area contributed by atoms with Crippen molar-refractivity contribution < 1.29 is 28.6 Å². The monoisotopic (exact) mass is 1090 g/mol. The Labute approximate surface area is 487 Å². The lowest BCUT2D eigenvalue weighted by atomic mass is 10.0. The van der Waals surface area contributed by atoms with Crippen molar-refractivity contribution in [3.05, 3.63) is 134 Å². The molecule has 0 aromatic rings. The van der Waals surface area contributed by atoms with Crippen molar-refractivity contribution in [2.45, 2.75) is 297 Å². The van der Waals surface area contributed by atoms with Crippen LogP contribution < -0.4 is 0 Å². The second-order valence-electron chi connectivity index (χ2n) is 21.3. The van der Waals surface area contributed by atoms with Crippen molar-refractivity contribution in [3.63, 3.8) is 0 Å². The smallest absolute Gasteiger partial charge is 0.306 e. The van der Waals surface area contributed by atoms with Gasteiger partial charge in [-0.2, -0.15) is 0 Å². The van der Waals surface area contributed by atoms with Crippen molar-refractivity contribution in [1.29, 1.82) is 0 Å². The highest BCUT2D eigenvalue weighted by molar-refractivity contribution is 5.71. The van der Waals surface area contributed by atoms with E-state index in [4.69, 9.17) is 14.2 Å². The first-order chi connectivity index (χ1) is 39.0. The molecule has 0 N–H and O–H groups in total. The van der Waals surface area contributed by atoms with E-state index >= 15 is 0 Å². The summed E-state index contributed by atoms with van der Waals surface area (Å²) in [6.07, 6.45) is 93.6. The van der Waals surface area contributed by atoms with Gasteiger partial charge in [0.15, 0.2) is 6.10 Å². The van der Waals surface area contributed by atoms with Crippen LogP contribution in [0.15, 0.2) is 134 Å². The molecule has 0 radical (unpaired) electrons. The number of allylic oxidation sites excluding steroid dienone is 22. The van der Waals surface area contributed by atoms with E-state index in [2.05, 4.69) is 154 Å². The van der Waals surface area contributed by atoms with Crippen molar-refractivity contribution in [2.75, 3.05) is 13.2 Å².